The van der Waals surface area contributed by atoms with Crippen molar-refractivity contribution >= 4 is 29.3 Å². The Morgan fingerprint density at radius 2 is 2.17 bits per heavy atom. The maximum absolute atomic E-state index is 12.1. The van der Waals surface area contributed by atoms with Gasteiger partial charge in [0.05, 0.1) is 11.4 Å². The van der Waals surface area contributed by atoms with Gasteiger partial charge in [-0.1, -0.05) is 48.7 Å². The molecule has 1 amide bonds. The van der Waals surface area contributed by atoms with Crippen LogP contribution < -0.4 is 5.32 Å². The van der Waals surface area contributed by atoms with Gasteiger partial charge in [-0.25, -0.2) is 0 Å². The normalized spacial score (nSPS) is 15.4. The molecule has 0 saturated heterocycles. The summed E-state index contributed by atoms with van der Waals surface area (Å²) in [4.78, 5) is 12.1. The third-order valence-electron chi connectivity index (χ3n) is 4.14. The highest BCUT2D eigenvalue weighted by Crippen LogP contribution is 2.23. The molecule has 0 radical (unpaired) electrons. The van der Waals surface area contributed by atoms with Gasteiger partial charge in [-0.15, -0.1) is 5.10 Å². The molecule has 1 N–H and O–H groups in total. The number of hydrogen-bond donors (Lipinski definition) is 1. The summed E-state index contributed by atoms with van der Waals surface area (Å²) in [5.41, 5.74) is 1.84. The molecule has 1 heterocycles. The largest absolute Gasteiger partial charge is 0.353 e. The predicted octanol–water partition coefficient (Wildman–Crippen LogP) is 3.17. The van der Waals surface area contributed by atoms with Crippen molar-refractivity contribution in [1.29, 1.82) is 0 Å². The van der Waals surface area contributed by atoms with E-state index in [1.165, 1.54) is 31.0 Å². The molecule has 0 unspecified atom stereocenters. The Labute approximate surface area is 150 Å². The number of rotatable bonds is 5. The summed E-state index contributed by atoms with van der Waals surface area (Å²) in [6.07, 6.45) is 5.83. The summed E-state index contributed by atoms with van der Waals surface area (Å²) >= 11 is 7.40. The number of amides is 1. The van der Waals surface area contributed by atoms with Crippen LogP contribution in [-0.4, -0.2) is 37.9 Å². The van der Waals surface area contributed by atoms with E-state index in [0.717, 1.165) is 24.1 Å². The third kappa shape index (κ3) is 4.27. The topological polar surface area (TPSA) is 72.7 Å². The molecular weight excluding hydrogens is 346 g/mol. The number of aryl methyl sites for hydroxylation is 1. The van der Waals surface area contributed by atoms with Crippen molar-refractivity contribution in [3.8, 4) is 5.69 Å². The van der Waals surface area contributed by atoms with Gasteiger partial charge in [0.1, 0.15) is 0 Å². The lowest BCUT2D eigenvalue weighted by Crippen LogP contribution is -2.37. The van der Waals surface area contributed by atoms with E-state index in [2.05, 4.69) is 20.8 Å². The first-order valence-electron chi connectivity index (χ1n) is 8.10. The second-order valence-corrected chi connectivity index (χ2v) is 7.37. The SMILES string of the molecule is Cc1ccc(Cl)cc1-n1nnnc1SCC(=O)NC1CCCCC1. The zero-order chi connectivity index (χ0) is 16.9. The van der Waals surface area contributed by atoms with Crippen molar-refractivity contribution in [3.05, 3.63) is 28.8 Å². The molecule has 24 heavy (non-hydrogen) atoms. The van der Waals surface area contributed by atoms with Crippen molar-refractivity contribution in [1.82, 2.24) is 25.5 Å². The number of aromatic nitrogens is 4. The summed E-state index contributed by atoms with van der Waals surface area (Å²) in [7, 11) is 0. The molecule has 1 saturated carbocycles. The molecule has 1 aromatic carbocycles. The van der Waals surface area contributed by atoms with Crippen LogP contribution in [0.4, 0.5) is 0 Å². The van der Waals surface area contributed by atoms with Gasteiger partial charge in [0, 0.05) is 11.1 Å². The van der Waals surface area contributed by atoms with Crippen molar-refractivity contribution in [2.24, 2.45) is 0 Å². The Balaban J connectivity index is 1.63. The van der Waals surface area contributed by atoms with Gasteiger partial charge >= 0.3 is 0 Å². The Kier molecular flexibility index (Phi) is 5.73. The van der Waals surface area contributed by atoms with Crippen molar-refractivity contribution in [2.45, 2.75) is 50.2 Å². The fourth-order valence-electron chi connectivity index (χ4n) is 2.88. The van der Waals surface area contributed by atoms with Crippen LogP contribution in [-0.2, 0) is 4.79 Å². The minimum absolute atomic E-state index is 0.0317. The highest BCUT2D eigenvalue weighted by atomic mass is 35.5. The zero-order valence-electron chi connectivity index (χ0n) is 13.5. The van der Waals surface area contributed by atoms with E-state index in [4.69, 9.17) is 11.6 Å². The first-order valence-corrected chi connectivity index (χ1v) is 9.47. The van der Waals surface area contributed by atoms with Crippen LogP contribution in [0.25, 0.3) is 5.69 Å². The molecule has 0 spiro atoms. The average Bonchev–Trinajstić information content (AvgIpc) is 3.04. The van der Waals surface area contributed by atoms with Gasteiger partial charge in [-0.05, 0) is 47.9 Å². The Hall–Kier alpha value is -1.60. The number of nitrogens with one attached hydrogen (secondary N) is 1. The summed E-state index contributed by atoms with van der Waals surface area (Å²) in [5, 5.41) is 16.1. The van der Waals surface area contributed by atoms with Crippen LogP contribution in [0.5, 0.6) is 0 Å². The fourth-order valence-corrected chi connectivity index (χ4v) is 3.74. The van der Waals surface area contributed by atoms with E-state index in [-0.39, 0.29) is 5.91 Å². The molecule has 1 fully saturated rings. The molecule has 0 bridgehead atoms. The van der Waals surface area contributed by atoms with Gasteiger partial charge in [0.2, 0.25) is 11.1 Å². The summed E-state index contributed by atoms with van der Waals surface area (Å²) in [5.74, 6) is 0.334. The quantitative estimate of drug-likeness (QED) is 0.824. The standard InChI is InChI=1S/C16H20ClN5OS/c1-11-7-8-12(17)9-14(11)22-16(19-20-21-22)24-10-15(23)18-13-5-3-2-4-6-13/h7-9,13H,2-6,10H2,1H3,(H,18,23). The van der Waals surface area contributed by atoms with E-state index in [9.17, 15) is 4.79 Å². The number of carbonyl (C=O) groups excluding carboxylic acids is 1. The number of carbonyl (C=O) groups is 1. The zero-order valence-corrected chi connectivity index (χ0v) is 15.1. The molecule has 8 heteroatoms. The summed E-state index contributed by atoms with van der Waals surface area (Å²) in [6, 6.07) is 5.89. The van der Waals surface area contributed by atoms with Crippen LogP contribution in [0.15, 0.2) is 23.4 Å². The van der Waals surface area contributed by atoms with Crippen LogP contribution >= 0.6 is 23.4 Å². The van der Waals surface area contributed by atoms with E-state index in [1.807, 2.05) is 25.1 Å². The molecule has 1 aliphatic carbocycles. The summed E-state index contributed by atoms with van der Waals surface area (Å²) < 4.78 is 1.62. The molecular formula is C16H20ClN5OS. The maximum atomic E-state index is 12.1. The van der Waals surface area contributed by atoms with Crippen LogP contribution in [0, 0.1) is 6.92 Å². The number of nitrogens with zero attached hydrogens (tertiary/aromatic N) is 4. The first kappa shape index (κ1) is 17.2. The van der Waals surface area contributed by atoms with E-state index < -0.39 is 0 Å². The fraction of sp³-hybridized carbons (Fsp3) is 0.500. The van der Waals surface area contributed by atoms with E-state index in [1.54, 1.807) is 4.68 Å². The third-order valence-corrected chi connectivity index (χ3v) is 5.30. The lowest BCUT2D eigenvalue weighted by atomic mass is 9.95. The number of benzene rings is 1. The lowest BCUT2D eigenvalue weighted by Gasteiger charge is -2.22. The van der Waals surface area contributed by atoms with Crippen LogP contribution in [0.2, 0.25) is 5.02 Å². The highest BCUT2D eigenvalue weighted by Gasteiger charge is 2.17. The monoisotopic (exact) mass is 365 g/mol. The molecule has 6 nitrogen and oxygen atoms in total. The van der Waals surface area contributed by atoms with Gasteiger partial charge in [-0.2, -0.15) is 4.68 Å². The van der Waals surface area contributed by atoms with Crippen molar-refractivity contribution in [2.75, 3.05) is 5.75 Å². The van der Waals surface area contributed by atoms with Crippen molar-refractivity contribution < 1.29 is 4.79 Å². The molecule has 2 aromatic rings. The number of halogens is 1. The number of hydrogen-bond acceptors (Lipinski definition) is 5. The predicted molar refractivity (Wildman–Crippen MR) is 94.6 cm³/mol. The first-order chi connectivity index (χ1) is 11.6. The van der Waals surface area contributed by atoms with Gasteiger partial charge in [0.25, 0.3) is 0 Å². The number of thioether (sulfide) groups is 1. The highest BCUT2D eigenvalue weighted by molar-refractivity contribution is 7.99. The number of tetrazole rings is 1. The lowest BCUT2D eigenvalue weighted by molar-refractivity contribution is -0.119. The maximum Gasteiger partial charge on any atom is 0.230 e. The van der Waals surface area contributed by atoms with E-state index in [0.29, 0.717) is 22.0 Å². The molecule has 1 aliphatic rings. The Morgan fingerprint density at radius 3 is 2.96 bits per heavy atom. The van der Waals surface area contributed by atoms with Crippen molar-refractivity contribution in [3.63, 3.8) is 0 Å². The second kappa shape index (κ2) is 7.98. The second-order valence-electron chi connectivity index (χ2n) is 6.00. The van der Waals surface area contributed by atoms with Crippen LogP contribution in [0.1, 0.15) is 37.7 Å². The molecule has 0 atom stereocenters. The van der Waals surface area contributed by atoms with Crippen LogP contribution in [0.3, 0.4) is 0 Å². The molecule has 0 aliphatic heterocycles. The Morgan fingerprint density at radius 1 is 1.38 bits per heavy atom. The average molecular weight is 366 g/mol. The smallest absolute Gasteiger partial charge is 0.230 e. The molecule has 128 valence electrons. The minimum atomic E-state index is 0.0317. The van der Waals surface area contributed by atoms with Gasteiger partial charge in [-0.3, -0.25) is 4.79 Å². The molecule has 1 aromatic heterocycles. The van der Waals surface area contributed by atoms with Gasteiger partial charge < -0.3 is 5.32 Å². The Bertz CT molecular complexity index is 714. The van der Waals surface area contributed by atoms with E-state index >= 15 is 0 Å². The minimum Gasteiger partial charge on any atom is -0.353 e. The van der Waals surface area contributed by atoms with Gasteiger partial charge in [0.15, 0.2) is 0 Å². The summed E-state index contributed by atoms with van der Waals surface area (Å²) in [6.45, 7) is 1.97. The molecule has 3 rings (SSSR count).